The molecular weight excluding hydrogens is 372 g/mol. The fourth-order valence-corrected chi connectivity index (χ4v) is 4.64. The molecule has 2 aromatic rings. The molecule has 142 valence electrons. The number of hydrogen-bond donors (Lipinski definition) is 1. The van der Waals surface area contributed by atoms with Crippen molar-refractivity contribution in [3.8, 4) is 0 Å². The van der Waals surface area contributed by atoms with E-state index in [2.05, 4.69) is 37.2 Å². The van der Waals surface area contributed by atoms with Crippen molar-refractivity contribution in [3.63, 3.8) is 0 Å². The minimum atomic E-state index is 0. The van der Waals surface area contributed by atoms with Crippen LogP contribution in [0.2, 0.25) is 0 Å². The number of nitrogens with one attached hydrogen (secondary N) is 1. The maximum atomic E-state index is 13.0. The smallest absolute Gasteiger partial charge is 0.227 e. The molecule has 0 radical (unpaired) electrons. The molecule has 8 heteroatoms. The van der Waals surface area contributed by atoms with Gasteiger partial charge in [0.25, 0.3) is 0 Å². The van der Waals surface area contributed by atoms with Gasteiger partial charge in [-0.2, -0.15) is 16.3 Å². The van der Waals surface area contributed by atoms with Crippen molar-refractivity contribution in [2.45, 2.75) is 51.6 Å². The third-order valence-corrected chi connectivity index (χ3v) is 6.23. The Balaban J connectivity index is 0.00000196. The molecule has 2 aliphatic rings. The average molecular weight is 397 g/mol. The molecule has 1 saturated carbocycles. The third kappa shape index (κ3) is 4.10. The van der Waals surface area contributed by atoms with Gasteiger partial charge in [-0.15, -0.1) is 12.4 Å². The zero-order valence-electron chi connectivity index (χ0n) is 14.9. The topological polar surface area (TPSA) is 71.3 Å². The molecule has 1 aliphatic heterocycles. The van der Waals surface area contributed by atoms with Crippen molar-refractivity contribution in [1.29, 1.82) is 0 Å². The monoisotopic (exact) mass is 396 g/mol. The fraction of sp³-hybridized carbons (Fsp3) is 0.611. The van der Waals surface area contributed by atoms with Crippen LogP contribution in [0.3, 0.4) is 0 Å². The lowest BCUT2D eigenvalue weighted by Crippen LogP contribution is -2.39. The lowest BCUT2D eigenvalue weighted by atomic mass is 9.93. The lowest BCUT2D eigenvalue weighted by Gasteiger charge is -2.29. The van der Waals surface area contributed by atoms with Crippen LogP contribution in [0.25, 0.3) is 0 Å². The zero-order valence-corrected chi connectivity index (χ0v) is 16.6. The number of carbonyl (C=O) groups is 1. The first-order chi connectivity index (χ1) is 12.2. The van der Waals surface area contributed by atoms with E-state index in [1.165, 1.54) is 18.4 Å². The Kier molecular flexibility index (Phi) is 5.99. The molecule has 1 saturated heterocycles. The quantitative estimate of drug-likeness (QED) is 0.812. The number of halogens is 1. The Morgan fingerprint density at radius 3 is 2.92 bits per heavy atom. The standard InChI is InChI=1S/C18H24N4O2S.ClH/c1-13-20-16(24-21-13)2-3-17(23)22(11-14-4-9-25-12-14)15-10-18(15)5-7-19-8-6-18;/h4,9,12,15,19H,2-3,5-8,10-11H2,1H3;1H. The van der Waals surface area contributed by atoms with Gasteiger partial charge in [-0.1, -0.05) is 5.16 Å². The highest BCUT2D eigenvalue weighted by molar-refractivity contribution is 7.07. The predicted molar refractivity (Wildman–Crippen MR) is 102 cm³/mol. The number of hydrogen-bond acceptors (Lipinski definition) is 6. The maximum Gasteiger partial charge on any atom is 0.227 e. The number of aromatic nitrogens is 2. The third-order valence-electron chi connectivity index (χ3n) is 5.50. The fourth-order valence-electron chi connectivity index (χ4n) is 3.98. The highest BCUT2D eigenvalue weighted by Gasteiger charge is 2.57. The van der Waals surface area contributed by atoms with Crippen LogP contribution in [0.1, 0.15) is 43.0 Å². The van der Waals surface area contributed by atoms with Gasteiger partial charge in [-0.25, -0.2) is 0 Å². The molecule has 1 unspecified atom stereocenters. The molecule has 4 rings (SSSR count). The first-order valence-electron chi connectivity index (χ1n) is 8.97. The van der Waals surface area contributed by atoms with Gasteiger partial charge in [0.1, 0.15) is 0 Å². The number of carbonyl (C=O) groups excluding carboxylic acids is 1. The van der Waals surface area contributed by atoms with Crippen molar-refractivity contribution >= 4 is 29.7 Å². The van der Waals surface area contributed by atoms with E-state index in [4.69, 9.17) is 4.52 Å². The Labute approximate surface area is 163 Å². The summed E-state index contributed by atoms with van der Waals surface area (Å²) in [4.78, 5) is 19.3. The molecule has 1 amide bonds. The molecule has 0 bridgehead atoms. The van der Waals surface area contributed by atoms with Crippen molar-refractivity contribution in [1.82, 2.24) is 20.4 Å². The van der Waals surface area contributed by atoms with Gasteiger partial charge >= 0.3 is 0 Å². The molecule has 1 atom stereocenters. The summed E-state index contributed by atoms with van der Waals surface area (Å²) in [6.07, 6.45) is 4.43. The molecule has 0 aromatic carbocycles. The summed E-state index contributed by atoms with van der Waals surface area (Å²) in [5.41, 5.74) is 1.57. The first-order valence-corrected chi connectivity index (χ1v) is 9.91. The molecule has 1 aliphatic carbocycles. The van der Waals surface area contributed by atoms with Gasteiger partial charge in [0.15, 0.2) is 5.82 Å². The summed E-state index contributed by atoms with van der Waals surface area (Å²) in [6.45, 7) is 4.64. The second kappa shape index (κ2) is 8.06. The Morgan fingerprint density at radius 1 is 1.46 bits per heavy atom. The summed E-state index contributed by atoms with van der Waals surface area (Å²) in [5.74, 6) is 1.37. The number of rotatable bonds is 6. The highest BCUT2D eigenvalue weighted by Crippen LogP contribution is 2.56. The second-order valence-electron chi connectivity index (χ2n) is 7.22. The minimum Gasteiger partial charge on any atom is -0.339 e. The van der Waals surface area contributed by atoms with Crippen LogP contribution in [0.4, 0.5) is 0 Å². The zero-order chi connectivity index (χ0) is 17.3. The number of amides is 1. The van der Waals surface area contributed by atoms with E-state index in [-0.39, 0.29) is 18.3 Å². The van der Waals surface area contributed by atoms with Crippen molar-refractivity contribution in [2.75, 3.05) is 13.1 Å². The summed E-state index contributed by atoms with van der Waals surface area (Å²) in [5, 5.41) is 11.4. The van der Waals surface area contributed by atoms with Gasteiger partial charge in [0.05, 0.1) is 0 Å². The molecule has 1 spiro atoms. The SMILES string of the molecule is Cc1noc(CCC(=O)N(Cc2ccsc2)C2CC23CCNCC3)n1.Cl. The Morgan fingerprint density at radius 2 is 2.27 bits per heavy atom. The van der Waals surface area contributed by atoms with E-state index in [0.717, 1.165) is 19.5 Å². The lowest BCUT2D eigenvalue weighted by molar-refractivity contribution is -0.133. The van der Waals surface area contributed by atoms with E-state index in [0.29, 0.717) is 42.6 Å². The van der Waals surface area contributed by atoms with Crippen LogP contribution < -0.4 is 5.32 Å². The average Bonchev–Trinajstić information content (AvgIpc) is 2.99. The number of piperidine rings is 1. The van der Waals surface area contributed by atoms with E-state index in [9.17, 15) is 4.79 Å². The molecule has 26 heavy (non-hydrogen) atoms. The Bertz CT molecular complexity index is 727. The number of nitrogens with zero attached hydrogens (tertiary/aromatic N) is 3. The number of thiophene rings is 1. The van der Waals surface area contributed by atoms with Crippen LogP contribution in [0.15, 0.2) is 21.3 Å². The summed E-state index contributed by atoms with van der Waals surface area (Å²) in [6, 6.07) is 2.50. The van der Waals surface area contributed by atoms with E-state index in [1.807, 2.05) is 0 Å². The van der Waals surface area contributed by atoms with Gasteiger partial charge in [0.2, 0.25) is 11.8 Å². The van der Waals surface area contributed by atoms with Crippen LogP contribution in [0.5, 0.6) is 0 Å². The van der Waals surface area contributed by atoms with E-state index >= 15 is 0 Å². The maximum absolute atomic E-state index is 13.0. The van der Waals surface area contributed by atoms with Gasteiger partial charge in [0, 0.05) is 25.4 Å². The van der Waals surface area contributed by atoms with Crippen LogP contribution in [-0.4, -0.2) is 40.1 Å². The van der Waals surface area contributed by atoms with Gasteiger partial charge < -0.3 is 14.7 Å². The second-order valence-corrected chi connectivity index (χ2v) is 8.00. The molecule has 2 fully saturated rings. The molecule has 3 heterocycles. The van der Waals surface area contributed by atoms with Crippen molar-refractivity contribution in [2.24, 2.45) is 5.41 Å². The Hall–Kier alpha value is -1.44. The normalized spacial score (nSPS) is 20.6. The molecule has 6 nitrogen and oxygen atoms in total. The molecular formula is C18H25ClN4O2S. The van der Waals surface area contributed by atoms with Crippen LogP contribution >= 0.6 is 23.7 Å². The van der Waals surface area contributed by atoms with Crippen LogP contribution in [0, 0.1) is 12.3 Å². The summed E-state index contributed by atoms with van der Waals surface area (Å²) in [7, 11) is 0. The van der Waals surface area contributed by atoms with Crippen molar-refractivity contribution in [3.05, 3.63) is 34.1 Å². The largest absolute Gasteiger partial charge is 0.339 e. The van der Waals surface area contributed by atoms with E-state index < -0.39 is 0 Å². The summed E-state index contributed by atoms with van der Waals surface area (Å²) >= 11 is 1.68. The van der Waals surface area contributed by atoms with E-state index in [1.54, 1.807) is 18.3 Å². The molecule has 2 aromatic heterocycles. The minimum absolute atomic E-state index is 0. The van der Waals surface area contributed by atoms with Crippen molar-refractivity contribution < 1.29 is 9.32 Å². The highest BCUT2D eigenvalue weighted by atomic mass is 35.5. The van der Waals surface area contributed by atoms with Crippen LogP contribution in [-0.2, 0) is 17.8 Å². The van der Waals surface area contributed by atoms with Gasteiger partial charge in [-0.3, -0.25) is 4.79 Å². The molecule has 1 N–H and O–H groups in total. The summed E-state index contributed by atoms with van der Waals surface area (Å²) < 4.78 is 5.15. The van der Waals surface area contributed by atoms with Gasteiger partial charge in [-0.05, 0) is 67.1 Å². The number of aryl methyl sites for hydroxylation is 2. The first kappa shape index (κ1) is 19.3. The predicted octanol–water partition coefficient (Wildman–Crippen LogP) is 2.96.